The minimum atomic E-state index is -0.729. The number of benzene rings is 1. The highest BCUT2D eigenvalue weighted by Gasteiger charge is 2.40. The maximum absolute atomic E-state index is 13.2. The summed E-state index contributed by atoms with van der Waals surface area (Å²) in [5.41, 5.74) is 1.96. The summed E-state index contributed by atoms with van der Waals surface area (Å²) < 4.78 is 13.2. The Balaban J connectivity index is 1.98. The van der Waals surface area contributed by atoms with Crippen LogP contribution in [0, 0.1) is 11.7 Å². The monoisotopic (exact) mass is 235 g/mol. The molecule has 1 saturated heterocycles. The zero-order valence-electron chi connectivity index (χ0n) is 9.40. The van der Waals surface area contributed by atoms with Crippen molar-refractivity contribution in [2.45, 2.75) is 25.3 Å². The van der Waals surface area contributed by atoms with Gasteiger partial charge in [0.05, 0.1) is 5.92 Å². The van der Waals surface area contributed by atoms with Crippen LogP contribution in [-0.2, 0) is 11.2 Å². The number of aliphatic carboxylic acids is 1. The molecule has 0 spiro atoms. The van der Waals surface area contributed by atoms with Crippen LogP contribution in [-0.4, -0.2) is 23.7 Å². The molecule has 4 heteroatoms. The Labute approximate surface area is 98.9 Å². The highest BCUT2D eigenvalue weighted by atomic mass is 19.1. The second-order valence-corrected chi connectivity index (χ2v) is 4.82. The maximum atomic E-state index is 13.2. The molecular formula is C13H14FNO2. The van der Waals surface area contributed by atoms with E-state index in [4.69, 9.17) is 0 Å². The number of hydrogen-bond acceptors (Lipinski definition) is 2. The van der Waals surface area contributed by atoms with Gasteiger partial charge >= 0.3 is 5.97 Å². The first-order valence-corrected chi connectivity index (χ1v) is 5.94. The lowest BCUT2D eigenvalue weighted by molar-refractivity contribution is -0.143. The molecule has 2 unspecified atom stereocenters. The van der Waals surface area contributed by atoms with Crippen LogP contribution in [0.15, 0.2) is 18.2 Å². The molecule has 2 heterocycles. The maximum Gasteiger partial charge on any atom is 0.308 e. The van der Waals surface area contributed by atoms with Crippen molar-refractivity contribution in [2.24, 2.45) is 5.92 Å². The Morgan fingerprint density at radius 2 is 2.29 bits per heavy atom. The van der Waals surface area contributed by atoms with Crippen molar-refractivity contribution in [3.63, 3.8) is 0 Å². The number of anilines is 1. The van der Waals surface area contributed by atoms with E-state index in [1.807, 2.05) is 0 Å². The summed E-state index contributed by atoms with van der Waals surface area (Å²) in [5.74, 6) is -1.30. The fourth-order valence-electron chi connectivity index (χ4n) is 3.10. The standard InChI is InChI=1S/C13H14FNO2/c14-9-4-3-8-6-12-10(13(16)17)2-1-5-15(12)11(8)7-9/h3-4,7,10,12H,1-2,5-6H2,(H,16,17). The minimum Gasteiger partial charge on any atom is -0.481 e. The number of carboxylic acid groups (broad SMARTS) is 1. The molecule has 2 aliphatic heterocycles. The van der Waals surface area contributed by atoms with Gasteiger partial charge in [-0.25, -0.2) is 4.39 Å². The molecule has 1 aromatic carbocycles. The Morgan fingerprint density at radius 1 is 1.47 bits per heavy atom. The predicted octanol–water partition coefficient (Wildman–Crippen LogP) is 2.05. The van der Waals surface area contributed by atoms with Gasteiger partial charge in [0.25, 0.3) is 0 Å². The highest BCUT2D eigenvalue weighted by molar-refractivity contribution is 5.74. The second kappa shape index (κ2) is 3.72. The molecule has 0 amide bonds. The summed E-state index contributed by atoms with van der Waals surface area (Å²) in [7, 11) is 0. The molecule has 0 saturated carbocycles. The summed E-state index contributed by atoms with van der Waals surface area (Å²) in [6, 6.07) is 4.77. The molecule has 1 N–H and O–H groups in total. The summed E-state index contributed by atoms with van der Waals surface area (Å²) >= 11 is 0. The summed E-state index contributed by atoms with van der Waals surface area (Å²) in [6.45, 7) is 0.838. The van der Waals surface area contributed by atoms with E-state index >= 15 is 0 Å². The normalized spacial score (nSPS) is 26.5. The van der Waals surface area contributed by atoms with Crippen molar-refractivity contribution in [1.82, 2.24) is 0 Å². The molecule has 17 heavy (non-hydrogen) atoms. The average molecular weight is 235 g/mol. The van der Waals surface area contributed by atoms with Gasteiger partial charge in [0.2, 0.25) is 0 Å². The molecule has 1 aromatic rings. The van der Waals surface area contributed by atoms with Crippen molar-refractivity contribution < 1.29 is 14.3 Å². The first-order chi connectivity index (χ1) is 8.16. The van der Waals surface area contributed by atoms with Crippen LogP contribution < -0.4 is 4.90 Å². The smallest absolute Gasteiger partial charge is 0.308 e. The molecule has 0 bridgehead atoms. The van der Waals surface area contributed by atoms with Gasteiger partial charge in [-0.1, -0.05) is 6.07 Å². The van der Waals surface area contributed by atoms with Crippen molar-refractivity contribution in [1.29, 1.82) is 0 Å². The van der Waals surface area contributed by atoms with Gasteiger partial charge in [-0.15, -0.1) is 0 Å². The van der Waals surface area contributed by atoms with Gasteiger partial charge in [0.15, 0.2) is 0 Å². The fraction of sp³-hybridized carbons (Fsp3) is 0.462. The van der Waals surface area contributed by atoms with E-state index in [0.717, 1.165) is 37.1 Å². The van der Waals surface area contributed by atoms with Crippen LogP contribution in [0.5, 0.6) is 0 Å². The first kappa shape index (κ1) is 10.6. The van der Waals surface area contributed by atoms with E-state index in [9.17, 15) is 14.3 Å². The third-order valence-corrected chi connectivity index (χ3v) is 3.88. The van der Waals surface area contributed by atoms with E-state index in [1.54, 1.807) is 6.07 Å². The van der Waals surface area contributed by atoms with Gasteiger partial charge in [-0.2, -0.15) is 0 Å². The molecular weight excluding hydrogens is 221 g/mol. The molecule has 3 rings (SSSR count). The van der Waals surface area contributed by atoms with Crippen LogP contribution in [0.3, 0.4) is 0 Å². The summed E-state index contributed by atoms with van der Waals surface area (Å²) in [5, 5.41) is 9.22. The number of fused-ring (bicyclic) bond motifs is 3. The number of nitrogens with zero attached hydrogens (tertiary/aromatic N) is 1. The predicted molar refractivity (Wildman–Crippen MR) is 61.6 cm³/mol. The number of piperidine rings is 1. The number of carboxylic acids is 1. The van der Waals surface area contributed by atoms with Crippen LogP contribution in [0.2, 0.25) is 0 Å². The SMILES string of the molecule is O=C(O)C1CCCN2c3cc(F)ccc3CC12. The fourth-order valence-corrected chi connectivity index (χ4v) is 3.10. The van der Waals surface area contributed by atoms with Crippen molar-refractivity contribution in [2.75, 3.05) is 11.4 Å². The van der Waals surface area contributed by atoms with Crippen LogP contribution in [0.4, 0.5) is 10.1 Å². The number of halogens is 1. The van der Waals surface area contributed by atoms with E-state index in [1.165, 1.54) is 12.1 Å². The molecule has 3 nitrogen and oxygen atoms in total. The number of hydrogen-bond donors (Lipinski definition) is 1. The van der Waals surface area contributed by atoms with Gasteiger partial charge < -0.3 is 10.0 Å². The molecule has 0 aromatic heterocycles. The van der Waals surface area contributed by atoms with Gasteiger partial charge in [-0.05, 0) is 37.0 Å². The van der Waals surface area contributed by atoms with Crippen molar-refractivity contribution in [3.05, 3.63) is 29.6 Å². The van der Waals surface area contributed by atoms with E-state index in [-0.39, 0.29) is 17.8 Å². The van der Waals surface area contributed by atoms with Crippen LogP contribution in [0.1, 0.15) is 18.4 Å². The number of rotatable bonds is 1. The lowest BCUT2D eigenvalue weighted by Crippen LogP contribution is -2.46. The third-order valence-electron chi connectivity index (χ3n) is 3.88. The Bertz CT molecular complexity index is 474. The second-order valence-electron chi connectivity index (χ2n) is 4.82. The van der Waals surface area contributed by atoms with Crippen molar-refractivity contribution in [3.8, 4) is 0 Å². The van der Waals surface area contributed by atoms with E-state index in [0.29, 0.717) is 0 Å². The molecule has 0 aliphatic carbocycles. The van der Waals surface area contributed by atoms with Crippen molar-refractivity contribution >= 4 is 11.7 Å². The quantitative estimate of drug-likeness (QED) is 0.810. The molecule has 2 atom stereocenters. The third kappa shape index (κ3) is 1.59. The molecule has 90 valence electrons. The molecule has 2 aliphatic rings. The van der Waals surface area contributed by atoms with Gasteiger partial charge in [0, 0.05) is 18.3 Å². The zero-order chi connectivity index (χ0) is 12.0. The lowest BCUT2D eigenvalue weighted by Gasteiger charge is -2.36. The Hall–Kier alpha value is -1.58. The van der Waals surface area contributed by atoms with Gasteiger partial charge in [-0.3, -0.25) is 4.79 Å². The number of carbonyl (C=O) groups is 1. The first-order valence-electron chi connectivity index (χ1n) is 5.94. The molecule has 0 radical (unpaired) electrons. The van der Waals surface area contributed by atoms with E-state index in [2.05, 4.69) is 4.90 Å². The summed E-state index contributed by atoms with van der Waals surface area (Å²) in [6.07, 6.45) is 2.32. The minimum absolute atomic E-state index is 0.0121. The highest BCUT2D eigenvalue weighted by Crippen LogP contribution is 2.39. The lowest BCUT2D eigenvalue weighted by atomic mass is 9.88. The zero-order valence-corrected chi connectivity index (χ0v) is 9.40. The Morgan fingerprint density at radius 3 is 3.06 bits per heavy atom. The van der Waals surface area contributed by atoms with Crippen LogP contribution >= 0.6 is 0 Å². The van der Waals surface area contributed by atoms with E-state index < -0.39 is 5.97 Å². The van der Waals surface area contributed by atoms with Crippen LogP contribution in [0.25, 0.3) is 0 Å². The topological polar surface area (TPSA) is 40.5 Å². The Kier molecular flexibility index (Phi) is 2.31. The molecule has 1 fully saturated rings. The largest absolute Gasteiger partial charge is 0.481 e. The van der Waals surface area contributed by atoms with Gasteiger partial charge in [0.1, 0.15) is 5.82 Å². The summed E-state index contributed by atoms with van der Waals surface area (Å²) in [4.78, 5) is 13.3. The average Bonchev–Trinajstić information content (AvgIpc) is 2.66.